The Labute approximate surface area is 98.4 Å². The summed E-state index contributed by atoms with van der Waals surface area (Å²) in [6.07, 6.45) is -4.42. The third-order valence-corrected chi connectivity index (χ3v) is 2.53. The van der Waals surface area contributed by atoms with Gasteiger partial charge in [0.15, 0.2) is 0 Å². The number of alkyl halides is 3. The van der Waals surface area contributed by atoms with Gasteiger partial charge in [0, 0.05) is 25.2 Å². The Kier molecular flexibility index (Phi) is 4.34. The molecule has 0 unspecified atom stereocenters. The van der Waals surface area contributed by atoms with Crippen molar-refractivity contribution in [2.24, 2.45) is 5.73 Å². The van der Waals surface area contributed by atoms with Crippen LogP contribution in [0, 0.1) is 0 Å². The predicted molar refractivity (Wildman–Crippen MR) is 60.7 cm³/mol. The fourth-order valence-corrected chi connectivity index (χ4v) is 1.59. The quantitative estimate of drug-likeness (QED) is 0.888. The van der Waals surface area contributed by atoms with Gasteiger partial charge in [0.1, 0.15) is 11.5 Å². The van der Waals surface area contributed by atoms with E-state index in [1.54, 1.807) is 4.90 Å². The summed E-state index contributed by atoms with van der Waals surface area (Å²) in [6.45, 7) is 5.10. The SMILES string of the molecule is CCN(CC)c1nc(C(F)(F)F)ccc1CN. The van der Waals surface area contributed by atoms with Crippen LogP contribution in [0.15, 0.2) is 12.1 Å². The van der Waals surface area contributed by atoms with Crippen LogP contribution in [0.25, 0.3) is 0 Å². The van der Waals surface area contributed by atoms with E-state index in [9.17, 15) is 13.2 Å². The maximum absolute atomic E-state index is 12.6. The Morgan fingerprint density at radius 2 is 1.82 bits per heavy atom. The van der Waals surface area contributed by atoms with Gasteiger partial charge in [0.25, 0.3) is 0 Å². The number of anilines is 1. The number of nitrogens with zero attached hydrogens (tertiary/aromatic N) is 2. The fourth-order valence-electron chi connectivity index (χ4n) is 1.59. The molecule has 1 rings (SSSR count). The third-order valence-electron chi connectivity index (χ3n) is 2.53. The van der Waals surface area contributed by atoms with Gasteiger partial charge in [0.05, 0.1) is 0 Å². The Hall–Kier alpha value is -1.30. The van der Waals surface area contributed by atoms with Crippen molar-refractivity contribution in [2.75, 3.05) is 18.0 Å². The Morgan fingerprint density at radius 1 is 1.24 bits per heavy atom. The topological polar surface area (TPSA) is 42.2 Å². The number of hydrogen-bond acceptors (Lipinski definition) is 3. The maximum atomic E-state index is 12.6. The second-order valence-electron chi connectivity index (χ2n) is 3.55. The van der Waals surface area contributed by atoms with Crippen molar-refractivity contribution in [1.82, 2.24) is 4.98 Å². The molecule has 3 nitrogen and oxygen atoms in total. The second-order valence-corrected chi connectivity index (χ2v) is 3.55. The molecule has 1 aromatic rings. The van der Waals surface area contributed by atoms with Crippen LogP contribution in [-0.4, -0.2) is 18.1 Å². The van der Waals surface area contributed by atoms with E-state index in [1.807, 2.05) is 13.8 Å². The van der Waals surface area contributed by atoms with Gasteiger partial charge in [-0.1, -0.05) is 6.07 Å². The first-order valence-corrected chi connectivity index (χ1v) is 5.46. The van der Waals surface area contributed by atoms with E-state index in [-0.39, 0.29) is 6.54 Å². The van der Waals surface area contributed by atoms with Crippen molar-refractivity contribution in [2.45, 2.75) is 26.6 Å². The maximum Gasteiger partial charge on any atom is 0.433 e. The van der Waals surface area contributed by atoms with Gasteiger partial charge in [-0.25, -0.2) is 4.98 Å². The van der Waals surface area contributed by atoms with Crippen molar-refractivity contribution < 1.29 is 13.2 Å². The first-order chi connectivity index (χ1) is 7.93. The molecule has 0 amide bonds. The number of pyridine rings is 1. The zero-order valence-electron chi connectivity index (χ0n) is 9.88. The van der Waals surface area contributed by atoms with Crippen molar-refractivity contribution in [1.29, 1.82) is 0 Å². The Bertz CT molecular complexity index is 373. The van der Waals surface area contributed by atoms with Crippen LogP contribution >= 0.6 is 0 Å². The van der Waals surface area contributed by atoms with Gasteiger partial charge >= 0.3 is 6.18 Å². The van der Waals surface area contributed by atoms with Crippen molar-refractivity contribution >= 4 is 5.82 Å². The molecule has 0 aliphatic carbocycles. The molecule has 17 heavy (non-hydrogen) atoms. The van der Waals surface area contributed by atoms with E-state index in [2.05, 4.69) is 4.98 Å². The lowest BCUT2D eigenvalue weighted by molar-refractivity contribution is -0.141. The summed E-state index contributed by atoms with van der Waals surface area (Å²) < 4.78 is 37.7. The van der Waals surface area contributed by atoms with E-state index in [0.717, 1.165) is 6.07 Å². The average molecular weight is 247 g/mol. The number of rotatable bonds is 4. The minimum atomic E-state index is -4.42. The summed E-state index contributed by atoms with van der Waals surface area (Å²) in [6, 6.07) is 2.36. The van der Waals surface area contributed by atoms with Crippen LogP contribution < -0.4 is 10.6 Å². The molecular formula is C11H16F3N3. The second kappa shape index (κ2) is 5.35. The van der Waals surface area contributed by atoms with Crippen LogP contribution in [-0.2, 0) is 12.7 Å². The highest BCUT2D eigenvalue weighted by atomic mass is 19.4. The highest BCUT2D eigenvalue weighted by Crippen LogP contribution is 2.30. The van der Waals surface area contributed by atoms with Crippen LogP contribution in [0.3, 0.4) is 0 Å². The standard InChI is InChI=1S/C11H16F3N3/c1-3-17(4-2)10-8(7-15)5-6-9(16-10)11(12,13)14/h5-6H,3-4,7,15H2,1-2H3. The molecule has 0 atom stereocenters. The average Bonchev–Trinajstić information content (AvgIpc) is 2.29. The molecule has 0 saturated carbocycles. The van der Waals surface area contributed by atoms with Gasteiger partial charge in [-0.2, -0.15) is 13.2 Å². The van der Waals surface area contributed by atoms with Crippen LogP contribution in [0.5, 0.6) is 0 Å². The summed E-state index contributed by atoms with van der Waals surface area (Å²) in [4.78, 5) is 5.44. The predicted octanol–water partition coefficient (Wildman–Crippen LogP) is 2.41. The van der Waals surface area contributed by atoms with Gasteiger partial charge in [-0.3, -0.25) is 0 Å². The monoisotopic (exact) mass is 247 g/mol. The molecule has 96 valence electrons. The Balaban J connectivity index is 3.24. The lowest BCUT2D eigenvalue weighted by atomic mass is 10.2. The molecule has 1 heterocycles. The highest BCUT2D eigenvalue weighted by molar-refractivity contribution is 5.48. The fraction of sp³-hybridized carbons (Fsp3) is 0.545. The lowest BCUT2D eigenvalue weighted by Gasteiger charge is -2.23. The van der Waals surface area contributed by atoms with E-state index in [0.29, 0.717) is 24.5 Å². The highest BCUT2D eigenvalue weighted by Gasteiger charge is 2.33. The van der Waals surface area contributed by atoms with Gasteiger partial charge in [-0.05, 0) is 19.9 Å². The minimum absolute atomic E-state index is 0.178. The van der Waals surface area contributed by atoms with Gasteiger partial charge in [0.2, 0.25) is 0 Å². The number of aromatic nitrogens is 1. The Morgan fingerprint density at radius 3 is 2.24 bits per heavy atom. The number of hydrogen-bond donors (Lipinski definition) is 1. The molecule has 0 aromatic carbocycles. The summed E-state index contributed by atoms with van der Waals surface area (Å²) >= 11 is 0. The molecule has 0 fully saturated rings. The molecule has 0 saturated heterocycles. The van der Waals surface area contributed by atoms with Crippen LogP contribution in [0.1, 0.15) is 25.1 Å². The largest absolute Gasteiger partial charge is 0.433 e. The van der Waals surface area contributed by atoms with E-state index >= 15 is 0 Å². The first-order valence-electron chi connectivity index (χ1n) is 5.46. The molecule has 1 aromatic heterocycles. The molecular weight excluding hydrogens is 231 g/mol. The summed E-state index contributed by atoms with van der Waals surface area (Å²) in [7, 11) is 0. The van der Waals surface area contributed by atoms with Gasteiger partial charge in [-0.15, -0.1) is 0 Å². The molecule has 0 aliphatic heterocycles. The van der Waals surface area contributed by atoms with E-state index in [1.165, 1.54) is 6.07 Å². The first kappa shape index (κ1) is 13.8. The molecule has 0 spiro atoms. The van der Waals surface area contributed by atoms with Crippen molar-refractivity contribution in [3.8, 4) is 0 Å². The third kappa shape index (κ3) is 3.09. The van der Waals surface area contributed by atoms with Crippen LogP contribution in [0.2, 0.25) is 0 Å². The van der Waals surface area contributed by atoms with E-state index < -0.39 is 11.9 Å². The smallest absolute Gasteiger partial charge is 0.357 e. The number of nitrogens with two attached hydrogens (primary N) is 1. The normalized spacial score (nSPS) is 11.6. The summed E-state index contributed by atoms with van der Waals surface area (Å²) in [5.74, 6) is 0.326. The molecule has 0 bridgehead atoms. The minimum Gasteiger partial charge on any atom is -0.357 e. The molecule has 6 heteroatoms. The molecule has 0 radical (unpaired) electrons. The van der Waals surface area contributed by atoms with Crippen molar-refractivity contribution in [3.63, 3.8) is 0 Å². The molecule has 0 aliphatic rings. The van der Waals surface area contributed by atoms with Crippen molar-refractivity contribution in [3.05, 3.63) is 23.4 Å². The summed E-state index contributed by atoms with van der Waals surface area (Å²) in [5, 5.41) is 0. The van der Waals surface area contributed by atoms with Crippen LogP contribution in [0.4, 0.5) is 19.0 Å². The zero-order chi connectivity index (χ0) is 13.1. The van der Waals surface area contributed by atoms with Gasteiger partial charge < -0.3 is 10.6 Å². The number of halogens is 3. The molecule has 2 N–H and O–H groups in total. The van der Waals surface area contributed by atoms with E-state index in [4.69, 9.17) is 5.73 Å². The summed E-state index contributed by atoms with van der Waals surface area (Å²) in [5.41, 5.74) is 5.26. The lowest BCUT2D eigenvalue weighted by Crippen LogP contribution is -2.26. The zero-order valence-corrected chi connectivity index (χ0v) is 9.88.